The molecule has 0 spiro atoms. The van der Waals surface area contributed by atoms with Crippen LogP contribution < -0.4 is 5.43 Å². The molecule has 4 aromatic rings. The van der Waals surface area contributed by atoms with E-state index in [-0.39, 0.29) is 10.8 Å². The number of benzene rings is 3. The minimum atomic E-state index is -0.439. The number of hydrogen-bond donors (Lipinski definition) is 0. The Bertz CT molecular complexity index is 1080. The molecular formula is C18H11FO2. The second kappa shape index (κ2) is 4.16. The molecule has 0 amide bonds. The summed E-state index contributed by atoms with van der Waals surface area (Å²) in [4.78, 5) is 12.7. The van der Waals surface area contributed by atoms with E-state index in [1.165, 1.54) is 18.2 Å². The highest BCUT2D eigenvalue weighted by Crippen LogP contribution is 2.27. The van der Waals surface area contributed by atoms with Crippen molar-refractivity contribution >= 4 is 32.7 Å². The van der Waals surface area contributed by atoms with Gasteiger partial charge in [0.05, 0.1) is 10.8 Å². The zero-order valence-electron chi connectivity index (χ0n) is 11.3. The monoisotopic (exact) mass is 278 g/mol. The zero-order chi connectivity index (χ0) is 14.6. The van der Waals surface area contributed by atoms with Gasteiger partial charge < -0.3 is 4.42 Å². The third-order valence-electron chi connectivity index (χ3n) is 3.77. The van der Waals surface area contributed by atoms with Crippen LogP contribution >= 0.6 is 0 Å². The maximum Gasteiger partial charge on any atom is 0.201 e. The Morgan fingerprint density at radius 1 is 0.905 bits per heavy atom. The van der Waals surface area contributed by atoms with E-state index in [0.717, 1.165) is 16.3 Å². The van der Waals surface area contributed by atoms with Crippen molar-refractivity contribution in [2.24, 2.45) is 0 Å². The van der Waals surface area contributed by atoms with E-state index in [9.17, 15) is 9.18 Å². The van der Waals surface area contributed by atoms with Gasteiger partial charge in [0, 0.05) is 0 Å². The van der Waals surface area contributed by atoms with Crippen molar-refractivity contribution in [1.82, 2.24) is 0 Å². The van der Waals surface area contributed by atoms with E-state index in [1.807, 2.05) is 31.2 Å². The smallest absolute Gasteiger partial charge is 0.201 e. The lowest BCUT2D eigenvalue weighted by molar-refractivity contribution is 0.623. The summed E-state index contributed by atoms with van der Waals surface area (Å²) < 4.78 is 19.2. The van der Waals surface area contributed by atoms with Gasteiger partial charge in [-0.2, -0.15) is 0 Å². The highest BCUT2D eigenvalue weighted by atomic mass is 19.1. The van der Waals surface area contributed by atoms with Crippen LogP contribution in [0, 0.1) is 12.7 Å². The van der Waals surface area contributed by atoms with Crippen molar-refractivity contribution in [2.75, 3.05) is 0 Å². The number of fused-ring (bicyclic) bond motifs is 4. The summed E-state index contributed by atoms with van der Waals surface area (Å²) in [5.41, 5.74) is 1.80. The molecule has 0 N–H and O–H groups in total. The van der Waals surface area contributed by atoms with Crippen LogP contribution in [0.5, 0.6) is 0 Å². The Kier molecular flexibility index (Phi) is 2.39. The van der Waals surface area contributed by atoms with Gasteiger partial charge in [-0.1, -0.05) is 29.8 Å². The van der Waals surface area contributed by atoms with Crippen LogP contribution in [0.25, 0.3) is 32.7 Å². The molecule has 21 heavy (non-hydrogen) atoms. The SMILES string of the molecule is Cc1ccc2ccc3oc4ccc(F)cc4c(=O)c3c2c1. The molecule has 0 aliphatic rings. The van der Waals surface area contributed by atoms with Crippen LogP contribution in [0.2, 0.25) is 0 Å². The third-order valence-corrected chi connectivity index (χ3v) is 3.77. The quantitative estimate of drug-likeness (QED) is 0.349. The molecule has 102 valence electrons. The van der Waals surface area contributed by atoms with Crippen molar-refractivity contribution in [3.8, 4) is 0 Å². The summed E-state index contributed by atoms with van der Waals surface area (Å²) >= 11 is 0. The normalized spacial score (nSPS) is 11.5. The minimum absolute atomic E-state index is 0.193. The molecule has 0 radical (unpaired) electrons. The molecule has 3 heteroatoms. The predicted molar refractivity (Wildman–Crippen MR) is 82.2 cm³/mol. The molecule has 0 fully saturated rings. The average molecular weight is 278 g/mol. The first-order valence-electron chi connectivity index (χ1n) is 6.69. The summed E-state index contributed by atoms with van der Waals surface area (Å²) in [7, 11) is 0. The summed E-state index contributed by atoms with van der Waals surface area (Å²) in [6, 6.07) is 13.7. The number of hydrogen-bond acceptors (Lipinski definition) is 2. The molecule has 0 saturated carbocycles. The molecule has 0 unspecified atom stereocenters. The van der Waals surface area contributed by atoms with Crippen molar-refractivity contribution in [3.05, 3.63) is 70.1 Å². The molecule has 2 nitrogen and oxygen atoms in total. The minimum Gasteiger partial charge on any atom is -0.456 e. The fourth-order valence-electron chi connectivity index (χ4n) is 2.75. The Labute approximate surface area is 119 Å². The lowest BCUT2D eigenvalue weighted by Gasteiger charge is -2.06. The molecule has 0 saturated heterocycles. The first kappa shape index (κ1) is 12.1. The molecule has 0 aliphatic heterocycles. The topological polar surface area (TPSA) is 30.2 Å². The lowest BCUT2D eigenvalue weighted by atomic mass is 10.0. The Balaban J connectivity index is 2.32. The van der Waals surface area contributed by atoms with Gasteiger partial charge in [0.2, 0.25) is 5.43 Å². The fourth-order valence-corrected chi connectivity index (χ4v) is 2.75. The summed E-state index contributed by atoms with van der Waals surface area (Å²) in [6.07, 6.45) is 0. The van der Waals surface area contributed by atoms with E-state index in [2.05, 4.69) is 0 Å². The number of aryl methyl sites for hydroxylation is 1. The van der Waals surface area contributed by atoms with Gasteiger partial charge in [-0.25, -0.2) is 4.39 Å². The lowest BCUT2D eigenvalue weighted by Crippen LogP contribution is -2.03. The zero-order valence-corrected chi connectivity index (χ0v) is 11.3. The highest BCUT2D eigenvalue weighted by molar-refractivity contribution is 6.08. The fraction of sp³-hybridized carbons (Fsp3) is 0.0556. The summed E-state index contributed by atoms with van der Waals surface area (Å²) in [5, 5.41) is 2.59. The second-order valence-corrected chi connectivity index (χ2v) is 5.23. The van der Waals surface area contributed by atoms with Crippen LogP contribution in [0.1, 0.15) is 5.56 Å². The van der Waals surface area contributed by atoms with Crippen LogP contribution in [-0.4, -0.2) is 0 Å². The van der Waals surface area contributed by atoms with Gasteiger partial charge in [0.1, 0.15) is 17.0 Å². The van der Waals surface area contributed by atoms with Crippen molar-refractivity contribution in [1.29, 1.82) is 0 Å². The molecule has 3 aromatic carbocycles. The van der Waals surface area contributed by atoms with E-state index in [0.29, 0.717) is 16.6 Å². The van der Waals surface area contributed by atoms with Crippen LogP contribution in [0.3, 0.4) is 0 Å². The standard InChI is InChI=1S/C18H11FO2/c1-10-2-3-11-4-6-16-17(13(11)8-10)18(20)14-9-12(19)5-7-15(14)21-16/h2-9H,1H3. The summed E-state index contributed by atoms with van der Waals surface area (Å²) in [5.74, 6) is -0.439. The molecule has 0 aliphatic carbocycles. The van der Waals surface area contributed by atoms with Gasteiger partial charge in [0.25, 0.3) is 0 Å². The number of rotatable bonds is 0. The molecule has 4 rings (SSSR count). The van der Waals surface area contributed by atoms with Crippen molar-refractivity contribution in [2.45, 2.75) is 6.92 Å². The van der Waals surface area contributed by atoms with Gasteiger partial charge in [-0.3, -0.25) is 4.79 Å². The highest BCUT2D eigenvalue weighted by Gasteiger charge is 2.11. The maximum absolute atomic E-state index is 13.4. The van der Waals surface area contributed by atoms with E-state index >= 15 is 0 Å². The predicted octanol–water partition coefficient (Wildman–Crippen LogP) is 4.55. The first-order chi connectivity index (χ1) is 10.1. The average Bonchev–Trinajstić information content (AvgIpc) is 2.47. The Hall–Kier alpha value is -2.68. The first-order valence-corrected chi connectivity index (χ1v) is 6.69. The molecule has 0 bridgehead atoms. The Morgan fingerprint density at radius 3 is 2.52 bits per heavy atom. The van der Waals surface area contributed by atoms with E-state index < -0.39 is 5.82 Å². The van der Waals surface area contributed by atoms with E-state index in [4.69, 9.17) is 4.42 Å². The van der Waals surface area contributed by atoms with Gasteiger partial charge in [-0.05, 0) is 42.0 Å². The maximum atomic E-state index is 13.4. The molecule has 1 aromatic heterocycles. The Morgan fingerprint density at radius 2 is 1.67 bits per heavy atom. The van der Waals surface area contributed by atoms with E-state index in [1.54, 1.807) is 6.07 Å². The van der Waals surface area contributed by atoms with Crippen LogP contribution in [-0.2, 0) is 0 Å². The molecule has 1 heterocycles. The van der Waals surface area contributed by atoms with Gasteiger partial charge in [-0.15, -0.1) is 0 Å². The molecule has 0 atom stereocenters. The largest absolute Gasteiger partial charge is 0.456 e. The third kappa shape index (κ3) is 1.74. The van der Waals surface area contributed by atoms with Crippen molar-refractivity contribution < 1.29 is 8.81 Å². The van der Waals surface area contributed by atoms with Gasteiger partial charge in [0.15, 0.2) is 0 Å². The number of halogens is 1. The van der Waals surface area contributed by atoms with Crippen LogP contribution in [0.4, 0.5) is 4.39 Å². The summed E-state index contributed by atoms with van der Waals surface area (Å²) in [6.45, 7) is 1.97. The molecular weight excluding hydrogens is 267 g/mol. The van der Waals surface area contributed by atoms with Crippen LogP contribution in [0.15, 0.2) is 57.7 Å². The van der Waals surface area contributed by atoms with Gasteiger partial charge >= 0.3 is 0 Å². The van der Waals surface area contributed by atoms with Crippen molar-refractivity contribution in [3.63, 3.8) is 0 Å². The second-order valence-electron chi connectivity index (χ2n) is 5.23.